The number of aromatic nitrogens is 3. The molecule has 0 spiro atoms. The van der Waals surface area contributed by atoms with Gasteiger partial charge in [-0.15, -0.1) is 0 Å². The van der Waals surface area contributed by atoms with E-state index < -0.39 is 0 Å². The number of nitrogens with zero attached hydrogens (tertiary/aromatic N) is 3. The van der Waals surface area contributed by atoms with E-state index in [-0.39, 0.29) is 0 Å². The molecule has 0 aliphatic carbocycles. The first-order chi connectivity index (χ1) is 6.84. The summed E-state index contributed by atoms with van der Waals surface area (Å²) < 4.78 is 5.06. The van der Waals surface area contributed by atoms with Crippen molar-refractivity contribution in [2.45, 2.75) is 11.0 Å². The third-order valence-electron chi connectivity index (χ3n) is 1.43. The highest BCUT2D eigenvalue weighted by Gasteiger charge is 2.01. The van der Waals surface area contributed by atoms with Gasteiger partial charge in [-0.2, -0.15) is 0 Å². The predicted octanol–water partition coefficient (Wildman–Crippen LogP) is 2.41. The third-order valence-corrected chi connectivity index (χ3v) is 2.51. The lowest BCUT2D eigenvalue weighted by atomic mass is 10.5. The highest BCUT2D eigenvalue weighted by atomic mass is 35.5. The van der Waals surface area contributed by atoms with Crippen LogP contribution in [-0.2, 0) is 5.75 Å². The van der Waals surface area contributed by atoms with Crippen LogP contribution >= 0.6 is 23.4 Å². The number of hydrogen-bond donors (Lipinski definition) is 0. The molecular formula is C8H6ClN3OS. The van der Waals surface area contributed by atoms with E-state index in [0.29, 0.717) is 16.1 Å². The smallest absolute Gasteiger partial charge is 0.255 e. The molecule has 0 bridgehead atoms. The maximum atomic E-state index is 5.60. The lowest BCUT2D eigenvalue weighted by Gasteiger charge is -1.96. The Labute approximate surface area is 89.7 Å². The van der Waals surface area contributed by atoms with Crippen LogP contribution in [0.3, 0.4) is 0 Å². The Bertz CT molecular complexity index is 389. The fourth-order valence-electron chi connectivity index (χ4n) is 0.831. The number of hydrogen-bond acceptors (Lipinski definition) is 5. The predicted molar refractivity (Wildman–Crippen MR) is 53.1 cm³/mol. The zero-order chi connectivity index (χ0) is 9.80. The Morgan fingerprint density at radius 2 is 2.21 bits per heavy atom. The van der Waals surface area contributed by atoms with Crippen LogP contribution in [0.4, 0.5) is 0 Å². The SMILES string of the molecule is Clc1cnc(CSc2ncco2)cn1. The number of oxazole rings is 1. The Balaban J connectivity index is 1.95. The van der Waals surface area contributed by atoms with Crippen molar-refractivity contribution in [3.8, 4) is 0 Å². The Kier molecular flexibility index (Phi) is 3.00. The molecule has 0 unspecified atom stereocenters. The fraction of sp³-hybridized carbons (Fsp3) is 0.125. The van der Waals surface area contributed by atoms with Crippen molar-refractivity contribution < 1.29 is 4.42 Å². The van der Waals surface area contributed by atoms with Gasteiger partial charge in [0.2, 0.25) is 0 Å². The molecule has 0 aliphatic rings. The average molecular weight is 228 g/mol. The molecule has 0 radical (unpaired) electrons. The summed E-state index contributed by atoms with van der Waals surface area (Å²) in [6.45, 7) is 0. The van der Waals surface area contributed by atoms with Gasteiger partial charge in [0, 0.05) is 5.75 Å². The molecule has 0 N–H and O–H groups in total. The van der Waals surface area contributed by atoms with Crippen LogP contribution in [0.2, 0.25) is 5.15 Å². The molecule has 14 heavy (non-hydrogen) atoms. The normalized spacial score (nSPS) is 10.4. The van der Waals surface area contributed by atoms with E-state index in [1.807, 2.05) is 0 Å². The Morgan fingerprint density at radius 3 is 2.86 bits per heavy atom. The van der Waals surface area contributed by atoms with Crippen LogP contribution in [0, 0.1) is 0 Å². The maximum absolute atomic E-state index is 5.60. The van der Waals surface area contributed by atoms with E-state index in [1.54, 1.807) is 12.4 Å². The second kappa shape index (κ2) is 4.43. The van der Waals surface area contributed by atoms with Gasteiger partial charge in [-0.3, -0.25) is 4.98 Å². The molecule has 0 atom stereocenters. The first-order valence-corrected chi connectivity index (χ1v) is 5.19. The molecular weight excluding hydrogens is 222 g/mol. The van der Waals surface area contributed by atoms with Crippen molar-refractivity contribution >= 4 is 23.4 Å². The first kappa shape index (κ1) is 9.48. The largest absolute Gasteiger partial charge is 0.440 e. The van der Waals surface area contributed by atoms with Gasteiger partial charge in [-0.25, -0.2) is 9.97 Å². The first-order valence-electron chi connectivity index (χ1n) is 3.83. The van der Waals surface area contributed by atoms with Crippen LogP contribution in [-0.4, -0.2) is 15.0 Å². The van der Waals surface area contributed by atoms with E-state index in [4.69, 9.17) is 16.0 Å². The zero-order valence-electron chi connectivity index (χ0n) is 7.05. The van der Waals surface area contributed by atoms with E-state index in [9.17, 15) is 0 Å². The van der Waals surface area contributed by atoms with Gasteiger partial charge in [-0.1, -0.05) is 23.4 Å². The van der Waals surface area contributed by atoms with Gasteiger partial charge in [0.05, 0.1) is 24.3 Å². The molecule has 2 aromatic heterocycles. The van der Waals surface area contributed by atoms with E-state index in [0.717, 1.165) is 5.69 Å². The molecule has 0 aliphatic heterocycles. The van der Waals surface area contributed by atoms with Crippen molar-refractivity contribution in [2.24, 2.45) is 0 Å². The van der Waals surface area contributed by atoms with Crippen LogP contribution in [0.15, 0.2) is 34.5 Å². The molecule has 4 nitrogen and oxygen atoms in total. The van der Waals surface area contributed by atoms with Gasteiger partial charge in [0.25, 0.3) is 5.22 Å². The Morgan fingerprint density at radius 1 is 1.29 bits per heavy atom. The van der Waals surface area contributed by atoms with Crippen molar-refractivity contribution in [3.63, 3.8) is 0 Å². The molecule has 2 heterocycles. The van der Waals surface area contributed by atoms with Gasteiger partial charge in [-0.05, 0) is 0 Å². The molecule has 0 aromatic carbocycles. The van der Waals surface area contributed by atoms with Gasteiger partial charge >= 0.3 is 0 Å². The monoisotopic (exact) mass is 227 g/mol. The lowest BCUT2D eigenvalue weighted by molar-refractivity contribution is 0.454. The van der Waals surface area contributed by atoms with Crippen LogP contribution in [0.1, 0.15) is 5.69 Å². The third kappa shape index (κ3) is 2.46. The molecule has 0 saturated heterocycles. The molecule has 0 amide bonds. The summed E-state index contributed by atoms with van der Waals surface area (Å²) in [5, 5.41) is 1.02. The summed E-state index contributed by atoms with van der Waals surface area (Å²) in [7, 11) is 0. The summed E-state index contributed by atoms with van der Waals surface area (Å²) in [5.74, 6) is 0.671. The molecule has 2 aromatic rings. The van der Waals surface area contributed by atoms with Crippen molar-refractivity contribution in [3.05, 3.63) is 35.7 Å². The van der Waals surface area contributed by atoms with E-state index in [1.165, 1.54) is 24.2 Å². The van der Waals surface area contributed by atoms with E-state index in [2.05, 4.69) is 15.0 Å². The van der Waals surface area contributed by atoms with Crippen molar-refractivity contribution in [1.29, 1.82) is 0 Å². The quantitative estimate of drug-likeness (QED) is 0.754. The van der Waals surface area contributed by atoms with Gasteiger partial charge in [0.1, 0.15) is 11.4 Å². The topological polar surface area (TPSA) is 51.8 Å². The van der Waals surface area contributed by atoms with Crippen LogP contribution in [0.5, 0.6) is 0 Å². The standard InChI is InChI=1S/C8H6ClN3OS/c9-7-4-11-6(3-12-7)5-14-8-10-1-2-13-8/h1-4H,5H2. The second-order valence-electron chi connectivity index (χ2n) is 2.42. The van der Waals surface area contributed by atoms with Gasteiger partial charge < -0.3 is 4.42 Å². The maximum Gasteiger partial charge on any atom is 0.255 e. The summed E-state index contributed by atoms with van der Waals surface area (Å²) in [4.78, 5) is 12.0. The molecule has 6 heteroatoms. The summed E-state index contributed by atoms with van der Waals surface area (Å²) in [6, 6.07) is 0. The molecule has 72 valence electrons. The van der Waals surface area contributed by atoms with Gasteiger partial charge in [0.15, 0.2) is 0 Å². The molecule has 2 rings (SSSR count). The highest BCUT2D eigenvalue weighted by Crippen LogP contribution is 2.19. The minimum absolute atomic E-state index is 0.398. The molecule has 0 fully saturated rings. The minimum atomic E-state index is 0.398. The highest BCUT2D eigenvalue weighted by molar-refractivity contribution is 7.98. The van der Waals surface area contributed by atoms with Crippen LogP contribution < -0.4 is 0 Å². The number of halogens is 1. The summed E-state index contributed by atoms with van der Waals surface area (Å²) >= 11 is 7.06. The number of rotatable bonds is 3. The fourth-order valence-corrected chi connectivity index (χ4v) is 1.61. The molecule has 0 saturated carbocycles. The lowest BCUT2D eigenvalue weighted by Crippen LogP contribution is -1.88. The second-order valence-corrected chi connectivity index (χ2v) is 3.73. The van der Waals surface area contributed by atoms with Crippen molar-refractivity contribution in [1.82, 2.24) is 15.0 Å². The van der Waals surface area contributed by atoms with Crippen molar-refractivity contribution in [2.75, 3.05) is 0 Å². The van der Waals surface area contributed by atoms with Crippen LogP contribution in [0.25, 0.3) is 0 Å². The average Bonchev–Trinajstić information content (AvgIpc) is 2.70. The number of thioether (sulfide) groups is 1. The minimum Gasteiger partial charge on any atom is -0.440 e. The Hall–Kier alpha value is -1.07. The zero-order valence-corrected chi connectivity index (χ0v) is 8.63. The summed E-state index contributed by atoms with van der Waals surface area (Å²) in [5.41, 5.74) is 0.845. The van der Waals surface area contributed by atoms with E-state index >= 15 is 0 Å². The summed E-state index contributed by atoms with van der Waals surface area (Å²) in [6.07, 6.45) is 6.30.